The molecular weight excluding hydrogens is 456 g/mol. The van der Waals surface area contributed by atoms with E-state index in [1.807, 2.05) is 92.7 Å². The van der Waals surface area contributed by atoms with E-state index >= 15 is 0 Å². The highest BCUT2D eigenvalue weighted by molar-refractivity contribution is 8.13. The van der Waals surface area contributed by atoms with Crippen LogP contribution in [0.4, 0.5) is 28.6 Å². The molecule has 8 heteroatoms. The number of hydrogen-bond donors (Lipinski definition) is 4. The molecule has 0 aliphatic carbocycles. The van der Waals surface area contributed by atoms with Crippen molar-refractivity contribution in [2.75, 3.05) is 10.6 Å². The van der Waals surface area contributed by atoms with Crippen molar-refractivity contribution < 1.29 is 0 Å². The minimum atomic E-state index is -0.402. The molecule has 0 saturated heterocycles. The number of nitrogens with zero attached hydrogens (tertiary/aromatic N) is 2. The van der Waals surface area contributed by atoms with Crippen molar-refractivity contribution in [1.82, 2.24) is 4.98 Å². The smallest absolute Gasteiger partial charge is 0.277 e. The second-order valence-electron chi connectivity index (χ2n) is 7.93. The number of nitrogens with one attached hydrogen (secondary N) is 4. The molecule has 35 heavy (non-hydrogen) atoms. The first kappa shape index (κ1) is 24.0. The fourth-order valence-corrected chi connectivity index (χ4v) is 3.95. The SMILES string of the molecule is Cc1ccccc1Nc1cc(N=NC(=N)SCc2ccccc2)c(=O)[nH]c1Nc1ccccc1C. The van der Waals surface area contributed by atoms with E-state index in [-0.39, 0.29) is 10.9 Å². The Labute approximate surface area is 208 Å². The average molecular weight is 483 g/mol. The lowest BCUT2D eigenvalue weighted by molar-refractivity contribution is 1.17. The van der Waals surface area contributed by atoms with Crippen LogP contribution in [0.5, 0.6) is 0 Å². The molecule has 4 aromatic rings. The molecule has 4 rings (SSSR count). The van der Waals surface area contributed by atoms with Crippen LogP contribution in [0.3, 0.4) is 0 Å². The van der Waals surface area contributed by atoms with Gasteiger partial charge < -0.3 is 15.6 Å². The number of H-pyrrole nitrogens is 1. The summed E-state index contributed by atoms with van der Waals surface area (Å²) in [7, 11) is 0. The molecule has 4 N–H and O–H groups in total. The number of pyridine rings is 1. The Kier molecular flexibility index (Phi) is 7.74. The number of anilines is 4. The third kappa shape index (κ3) is 6.45. The van der Waals surface area contributed by atoms with Crippen LogP contribution >= 0.6 is 11.8 Å². The van der Waals surface area contributed by atoms with Crippen LogP contribution in [0.2, 0.25) is 0 Å². The van der Waals surface area contributed by atoms with Gasteiger partial charge in [0.05, 0.1) is 5.69 Å². The van der Waals surface area contributed by atoms with Crippen LogP contribution in [0.1, 0.15) is 16.7 Å². The lowest BCUT2D eigenvalue weighted by Crippen LogP contribution is -2.11. The monoisotopic (exact) mass is 482 g/mol. The Bertz CT molecular complexity index is 1410. The average Bonchev–Trinajstić information content (AvgIpc) is 2.86. The van der Waals surface area contributed by atoms with Crippen molar-refractivity contribution in [3.05, 3.63) is 112 Å². The molecule has 1 heterocycles. The number of aromatic nitrogens is 1. The van der Waals surface area contributed by atoms with Crippen LogP contribution in [-0.4, -0.2) is 10.2 Å². The van der Waals surface area contributed by atoms with Gasteiger partial charge in [-0.25, -0.2) is 0 Å². The lowest BCUT2D eigenvalue weighted by atomic mass is 10.2. The highest BCUT2D eigenvalue weighted by atomic mass is 32.2. The maximum atomic E-state index is 12.8. The molecule has 3 aromatic carbocycles. The summed E-state index contributed by atoms with van der Waals surface area (Å²) in [6.45, 7) is 4.00. The number of rotatable bonds is 7. The molecule has 0 radical (unpaired) electrons. The molecule has 0 fully saturated rings. The first-order valence-electron chi connectivity index (χ1n) is 11.1. The second kappa shape index (κ2) is 11.3. The highest BCUT2D eigenvalue weighted by Gasteiger charge is 2.12. The van der Waals surface area contributed by atoms with Crippen LogP contribution in [0, 0.1) is 19.3 Å². The van der Waals surface area contributed by atoms with Gasteiger partial charge in [-0.1, -0.05) is 78.5 Å². The van der Waals surface area contributed by atoms with Crippen LogP contribution in [0.15, 0.2) is 100.0 Å². The Morgan fingerprint density at radius 3 is 2.11 bits per heavy atom. The van der Waals surface area contributed by atoms with E-state index in [4.69, 9.17) is 5.41 Å². The van der Waals surface area contributed by atoms with Crippen LogP contribution < -0.4 is 16.2 Å². The molecule has 176 valence electrons. The number of azo groups is 1. The lowest BCUT2D eigenvalue weighted by Gasteiger charge is -2.16. The van der Waals surface area contributed by atoms with Crippen molar-refractivity contribution >= 4 is 45.5 Å². The Morgan fingerprint density at radius 2 is 1.46 bits per heavy atom. The van der Waals surface area contributed by atoms with Gasteiger partial charge in [-0.05, 0) is 48.7 Å². The predicted molar refractivity (Wildman–Crippen MR) is 146 cm³/mol. The van der Waals surface area contributed by atoms with Crippen LogP contribution in [-0.2, 0) is 5.75 Å². The number of hydrogen-bond acceptors (Lipinski definition) is 6. The number of aromatic amines is 1. The number of thioether (sulfide) groups is 1. The molecule has 0 spiro atoms. The molecule has 0 unspecified atom stereocenters. The molecule has 0 atom stereocenters. The Hall–Kier alpha value is -4.17. The summed E-state index contributed by atoms with van der Waals surface area (Å²) in [5.41, 5.74) is 5.32. The van der Waals surface area contributed by atoms with E-state index < -0.39 is 5.56 Å². The van der Waals surface area contributed by atoms with E-state index in [1.54, 1.807) is 6.07 Å². The summed E-state index contributed by atoms with van der Waals surface area (Å²) < 4.78 is 0. The van der Waals surface area contributed by atoms with Gasteiger partial charge in [-0.3, -0.25) is 10.2 Å². The third-order valence-electron chi connectivity index (χ3n) is 5.31. The normalized spacial score (nSPS) is 10.9. The van der Waals surface area contributed by atoms with Gasteiger partial charge in [0.25, 0.3) is 5.56 Å². The maximum Gasteiger partial charge on any atom is 0.277 e. The Morgan fingerprint density at radius 1 is 0.857 bits per heavy atom. The quantitative estimate of drug-likeness (QED) is 0.125. The zero-order valence-corrected chi connectivity index (χ0v) is 20.3. The molecule has 0 aliphatic rings. The summed E-state index contributed by atoms with van der Waals surface area (Å²) in [5.74, 6) is 1.12. The number of para-hydroxylation sites is 2. The van der Waals surface area contributed by atoms with E-state index in [9.17, 15) is 4.79 Å². The Balaban J connectivity index is 1.61. The van der Waals surface area contributed by atoms with Crippen molar-refractivity contribution in [3.8, 4) is 0 Å². The van der Waals surface area contributed by atoms with Gasteiger partial charge in [-0.2, -0.15) is 0 Å². The first-order valence-corrected chi connectivity index (χ1v) is 12.1. The predicted octanol–water partition coefficient (Wildman–Crippen LogP) is 7.43. The molecular formula is C27H26N6OS. The standard InChI is InChI=1S/C27H26N6OS/c1-18-10-6-8-14-21(18)29-23-16-24(32-33-27(28)35-17-20-12-4-3-5-13-20)26(34)31-25(23)30-22-15-9-7-11-19(22)2/h3-16,28-29H,17H2,1-2H3,(H2,30,31,34). The van der Waals surface area contributed by atoms with Gasteiger partial charge in [0.2, 0.25) is 5.17 Å². The van der Waals surface area contributed by atoms with Crippen molar-refractivity contribution in [1.29, 1.82) is 5.41 Å². The molecule has 0 amide bonds. The minimum Gasteiger partial charge on any atom is -0.352 e. The third-order valence-corrected chi connectivity index (χ3v) is 6.14. The molecule has 0 aliphatic heterocycles. The summed E-state index contributed by atoms with van der Waals surface area (Å²) in [6.07, 6.45) is 0. The van der Waals surface area contributed by atoms with Crippen molar-refractivity contribution in [3.63, 3.8) is 0 Å². The molecule has 0 saturated carbocycles. The van der Waals surface area contributed by atoms with Gasteiger partial charge >= 0.3 is 0 Å². The summed E-state index contributed by atoms with van der Waals surface area (Å²) in [5, 5.41) is 22.9. The summed E-state index contributed by atoms with van der Waals surface area (Å²) in [6, 6.07) is 27.2. The number of benzene rings is 3. The minimum absolute atomic E-state index is 0.0313. The van der Waals surface area contributed by atoms with E-state index in [2.05, 4.69) is 25.8 Å². The number of amidine groups is 1. The summed E-state index contributed by atoms with van der Waals surface area (Å²) in [4.78, 5) is 15.7. The van der Waals surface area contributed by atoms with Gasteiger partial charge in [0.15, 0.2) is 5.69 Å². The maximum absolute atomic E-state index is 12.8. The van der Waals surface area contributed by atoms with Gasteiger partial charge in [0, 0.05) is 17.1 Å². The second-order valence-corrected chi connectivity index (χ2v) is 8.90. The van der Waals surface area contributed by atoms with Gasteiger partial charge in [0.1, 0.15) is 5.82 Å². The van der Waals surface area contributed by atoms with Crippen molar-refractivity contribution in [2.45, 2.75) is 19.6 Å². The van der Waals surface area contributed by atoms with Crippen LogP contribution in [0.25, 0.3) is 0 Å². The molecule has 7 nitrogen and oxygen atoms in total. The first-order chi connectivity index (χ1) is 17.0. The largest absolute Gasteiger partial charge is 0.352 e. The number of aryl methyl sites for hydroxylation is 2. The van der Waals surface area contributed by atoms with E-state index in [1.165, 1.54) is 11.8 Å². The fraction of sp³-hybridized carbons (Fsp3) is 0.111. The fourth-order valence-electron chi connectivity index (χ4n) is 3.35. The molecule has 1 aromatic heterocycles. The van der Waals surface area contributed by atoms with Gasteiger partial charge in [-0.15, -0.1) is 10.2 Å². The topological polar surface area (TPSA) is 105 Å². The zero-order valence-electron chi connectivity index (χ0n) is 19.5. The zero-order chi connectivity index (χ0) is 24.6. The van der Waals surface area contributed by atoms with E-state index in [0.29, 0.717) is 17.3 Å². The van der Waals surface area contributed by atoms with Crippen molar-refractivity contribution in [2.24, 2.45) is 10.2 Å². The highest BCUT2D eigenvalue weighted by Crippen LogP contribution is 2.30. The summed E-state index contributed by atoms with van der Waals surface area (Å²) >= 11 is 1.25. The molecule has 0 bridgehead atoms. The van der Waals surface area contributed by atoms with E-state index in [0.717, 1.165) is 28.1 Å².